The summed E-state index contributed by atoms with van der Waals surface area (Å²) in [7, 11) is 3.05. The fraction of sp³-hybridized carbons (Fsp3) is 0.250. The number of likely N-dealkylation sites (N-methyl/N-ethyl adjacent to an activating group) is 1. The van der Waals surface area contributed by atoms with E-state index in [0.717, 1.165) is 15.7 Å². The first-order valence-corrected chi connectivity index (χ1v) is 12.2. The monoisotopic (exact) mass is 561 g/mol. The molecular formula is C28H25F6N5O. The fourth-order valence-corrected chi connectivity index (χ4v) is 4.22. The summed E-state index contributed by atoms with van der Waals surface area (Å²) in [5.74, 6) is -0.553. The Hall–Kier alpha value is -4.19. The standard InChI is InChI=1S/C28H25F6N5O/c1-35-10-11-36-26-37-15-23(22-9-5-7-18-6-3-4-8-21(18)22)24(38-26)25(40)39(2)16-17-12-19(27(29,30)31)14-20(13-17)28(32,33)34/h3-9,12-15,35H,10-11,16H2,1-2H3,(H,36,37,38). The van der Waals surface area contributed by atoms with Crippen molar-refractivity contribution in [2.45, 2.75) is 18.9 Å². The average Bonchev–Trinajstić information content (AvgIpc) is 2.91. The molecule has 0 aliphatic heterocycles. The van der Waals surface area contributed by atoms with Crippen LogP contribution in [0.3, 0.4) is 0 Å². The number of benzene rings is 3. The van der Waals surface area contributed by atoms with Gasteiger partial charge in [0.25, 0.3) is 5.91 Å². The highest BCUT2D eigenvalue weighted by Gasteiger charge is 2.37. The van der Waals surface area contributed by atoms with Gasteiger partial charge >= 0.3 is 12.4 Å². The first-order chi connectivity index (χ1) is 18.9. The maximum Gasteiger partial charge on any atom is 0.416 e. The predicted octanol–water partition coefficient (Wildman–Crippen LogP) is 6.24. The van der Waals surface area contributed by atoms with Gasteiger partial charge in [-0.05, 0) is 47.1 Å². The zero-order chi connectivity index (χ0) is 29.1. The van der Waals surface area contributed by atoms with Crippen molar-refractivity contribution in [3.05, 3.63) is 89.2 Å². The van der Waals surface area contributed by atoms with Gasteiger partial charge in [0.15, 0.2) is 0 Å². The molecule has 1 heterocycles. The molecule has 12 heteroatoms. The summed E-state index contributed by atoms with van der Waals surface area (Å²) in [6, 6.07) is 14.2. The van der Waals surface area contributed by atoms with E-state index >= 15 is 0 Å². The van der Waals surface area contributed by atoms with Gasteiger partial charge in [0.2, 0.25) is 5.95 Å². The van der Waals surface area contributed by atoms with Gasteiger partial charge in [-0.3, -0.25) is 4.79 Å². The maximum absolute atomic E-state index is 13.7. The van der Waals surface area contributed by atoms with Crippen molar-refractivity contribution >= 4 is 22.6 Å². The quantitative estimate of drug-likeness (QED) is 0.197. The Labute approximate surface area is 226 Å². The van der Waals surface area contributed by atoms with Crippen LogP contribution in [0.2, 0.25) is 0 Å². The Balaban J connectivity index is 1.76. The van der Waals surface area contributed by atoms with E-state index in [1.807, 2.05) is 30.3 Å². The van der Waals surface area contributed by atoms with Gasteiger partial charge in [-0.1, -0.05) is 42.5 Å². The van der Waals surface area contributed by atoms with E-state index in [1.165, 1.54) is 13.2 Å². The number of hydrogen-bond donors (Lipinski definition) is 2. The number of amides is 1. The first kappa shape index (κ1) is 28.8. The molecule has 0 fully saturated rings. The molecule has 0 aliphatic rings. The molecular weight excluding hydrogens is 536 g/mol. The van der Waals surface area contributed by atoms with E-state index in [2.05, 4.69) is 20.6 Å². The molecule has 40 heavy (non-hydrogen) atoms. The zero-order valence-corrected chi connectivity index (χ0v) is 21.5. The van der Waals surface area contributed by atoms with Crippen molar-refractivity contribution in [3.8, 4) is 11.1 Å². The van der Waals surface area contributed by atoms with Crippen LogP contribution < -0.4 is 10.6 Å². The van der Waals surface area contributed by atoms with Crippen LogP contribution in [0.5, 0.6) is 0 Å². The van der Waals surface area contributed by atoms with Gasteiger partial charge in [-0.2, -0.15) is 26.3 Å². The highest BCUT2D eigenvalue weighted by molar-refractivity contribution is 6.04. The van der Waals surface area contributed by atoms with Gasteiger partial charge < -0.3 is 15.5 Å². The van der Waals surface area contributed by atoms with Gasteiger partial charge in [0, 0.05) is 38.4 Å². The molecule has 3 aromatic carbocycles. The molecule has 0 atom stereocenters. The second-order valence-electron chi connectivity index (χ2n) is 9.09. The average molecular weight is 562 g/mol. The SMILES string of the molecule is CNCCNc1ncc(-c2cccc3ccccc23)c(C(=O)N(C)Cc2cc(C(F)(F)F)cc(C(F)(F)F)c2)n1. The number of rotatable bonds is 8. The Morgan fingerprint density at radius 3 is 2.17 bits per heavy atom. The third-order valence-electron chi connectivity index (χ3n) is 6.14. The number of hydrogen-bond acceptors (Lipinski definition) is 5. The molecule has 0 saturated carbocycles. The highest BCUT2D eigenvalue weighted by Crippen LogP contribution is 2.37. The van der Waals surface area contributed by atoms with Crippen molar-refractivity contribution in [1.82, 2.24) is 20.2 Å². The van der Waals surface area contributed by atoms with Gasteiger partial charge in [-0.15, -0.1) is 0 Å². The molecule has 0 radical (unpaired) electrons. The van der Waals surface area contributed by atoms with E-state index in [1.54, 1.807) is 19.2 Å². The number of aromatic nitrogens is 2. The largest absolute Gasteiger partial charge is 0.416 e. The van der Waals surface area contributed by atoms with Crippen molar-refractivity contribution in [1.29, 1.82) is 0 Å². The van der Waals surface area contributed by atoms with E-state index < -0.39 is 35.9 Å². The zero-order valence-electron chi connectivity index (χ0n) is 21.5. The number of alkyl halides is 6. The molecule has 4 aromatic rings. The summed E-state index contributed by atoms with van der Waals surface area (Å²) >= 11 is 0. The van der Waals surface area contributed by atoms with E-state index in [4.69, 9.17) is 0 Å². The number of fused-ring (bicyclic) bond motifs is 1. The lowest BCUT2D eigenvalue weighted by Crippen LogP contribution is -2.29. The summed E-state index contributed by atoms with van der Waals surface area (Å²) in [4.78, 5) is 23.4. The van der Waals surface area contributed by atoms with Crippen molar-refractivity contribution in [3.63, 3.8) is 0 Å². The van der Waals surface area contributed by atoms with Crippen LogP contribution in [-0.2, 0) is 18.9 Å². The van der Waals surface area contributed by atoms with Crippen molar-refractivity contribution in [2.24, 2.45) is 0 Å². The molecule has 0 saturated heterocycles. The Morgan fingerprint density at radius 2 is 1.52 bits per heavy atom. The lowest BCUT2D eigenvalue weighted by atomic mass is 9.97. The van der Waals surface area contributed by atoms with Crippen LogP contribution in [0, 0.1) is 0 Å². The van der Waals surface area contributed by atoms with Crippen LogP contribution >= 0.6 is 0 Å². The lowest BCUT2D eigenvalue weighted by molar-refractivity contribution is -0.143. The molecule has 0 spiro atoms. The molecule has 0 bridgehead atoms. The second-order valence-corrected chi connectivity index (χ2v) is 9.09. The summed E-state index contributed by atoms with van der Waals surface area (Å²) in [6.07, 6.45) is -8.52. The summed E-state index contributed by atoms with van der Waals surface area (Å²) in [5.41, 5.74) is -2.27. The third-order valence-corrected chi connectivity index (χ3v) is 6.14. The van der Waals surface area contributed by atoms with Crippen molar-refractivity contribution < 1.29 is 31.1 Å². The van der Waals surface area contributed by atoms with Crippen LogP contribution in [0.15, 0.2) is 66.9 Å². The number of carbonyl (C=O) groups is 1. The lowest BCUT2D eigenvalue weighted by Gasteiger charge is -2.21. The maximum atomic E-state index is 13.7. The van der Waals surface area contributed by atoms with E-state index in [-0.39, 0.29) is 23.3 Å². The molecule has 6 nitrogen and oxygen atoms in total. The minimum absolute atomic E-state index is 0.0520. The summed E-state index contributed by atoms with van der Waals surface area (Å²) in [5, 5.41) is 7.65. The molecule has 210 valence electrons. The fourth-order valence-electron chi connectivity index (χ4n) is 4.22. The van der Waals surface area contributed by atoms with Crippen LogP contribution in [0.25, 0.3) is 21.9 Å². The predicted molar refractivity (Wildman–Crippen MR) is 140 cm³/mol. The molecule has 0 unspecified atom stereocenters. The number of anilines is 1. The molecule has 0 aliphatic carbocycles. The summed E-state index contributed by atoms with van der Waals surface area (Å²) < 4.78 is 80.2. The second kappa shape index (κ2) is 11.5. The minimum atomic E-state index is -5.00. The summed E-state index contributed by atoms with van der Waals surface area (Å²) in [6.45, 7) is 0.500. The Morgan fingerprint density at radius 1 is 0.875 bits per heavy atom. The molecule has 4 rings (SSSR count). The smallest absolute Gasteiger partial charge is 0.353 e. The number of carbonyl (C=O) groups excluding carboxylic acids is 1. The molecule has 2 N–H and O–H groups in total. The topological polar surface area (TPSA) is 70.2 Å². The van der Waals surface area contributed by atoms with Crippen LogP contribution in [0.1, 0.15) is 27.2 Å². The third kappa shape index (κ3) is 6.50. The van der Waals surface area contributed by atoms with Crippen molar-refractivity contribution in [2.75, 3.05) is 32.5 Å². The Kier molecular flexibility index (Phi) is 8.29. The number of halogens is 6. The Bertz CT molecular complexity index is 1480. The normalized spacial score (nSPS) is 12.0. The number of nitrogens with one attached hydrogen (secondary N) is 2. The van der Waals surface area contributed by atoms with Crippen LogP contribution in [0.4, 0.5) is 32.3 Å². The van der Waals surface area contributed by atoms with Crippen LogP contribution in [-0.4, -0.2) is 48.0 Å². The van der Waals surface area contributed by atoms with Gasteiger partial charge in [-0.25, -0.2) is 9.97 Å². The van der Waals surface area contributed by atoms with Gasteiger partial charge in [0.05, 0.1) is 11.1 Å². The van der Waals surface area contributed by atoms with Gasteiger partial charge in [0.1, 0.15) is 5.69 Å². The minimum Gasteiger partial charge on any atom is -0.353 e. The molecule has 1 amide bonds. The van der Waals surface area contributed by atoms with E-state index in [0.29, 0.717) is 36.3 Å². The highest BCUT2D eigenvalue weighted by atomic mass is 19.4. The number of nitrogens with zero attached hydrogens (tertiary/aromatic N) is 3. The van der Waals surface area contributed by atoms with E-state index in [9.17, 15) is 31.1 Å². The molecule has 1 aromatic heterocycles. The first-order valence-electron chi connectivity index (χ1n) is 12.2.